The van der Waals surface area contributed by atoms with Crippen molar-refractivity contribution < 1.29 is 9.18 Å². The number of carbonyl (C=O) groups is 1. The summed E-state index contributed by atoms with van der Waals surface area (Å²) in [5, 5.41) is 14.0. The lowest BCUT2D eigenvalue weighted by Gasteiger charge is -2.13. The van der Waals surface area contributed by atoms with Crippen LogP contribution in [0.5, 0.6) is 0 Å². The third-order valence-corrected chi connectivity index (χ3v) is 3.86. The number of rotatable bonds is 5. The van der Waals surface area contributed by atoms with Crippen molar-refractivity contribution in [3.63, 3.8) is 0 Å². The molecule has 0 saturated heterocycles. The molecule has 0 spiro atoms. The summed E-state index contributed by atoms with van der Waals surface area (Å²) in [6.45, 7) is 5.81. The molecular weight excluding hydrogens is 323 g/mol. The number of H-pyrrole nitrogens is 1. The maximum atomic E-state index is 13.0. The van der Waals surface area contributed by atoms with E-state index in [2.05, 4.69) is 25.6 Å². The van der Waals surface area contributed by atoms with Crippen LogP contribution in [0.3, 0.4) is 0 Å². The van der Waals surface area contributed by atoms with E-state index in [4.69, 9.17) is 0 Å². The lowest BCUT2D eigenvalue weighted by molar-refractivity contribution is -0.124. The Balaban J connectivity index is 1.63. The summed E-state index contributed by atoms with van der Waals surface area (Å²) in [5.74, 6) is 0.500. The summed E-state index contributed by atoms with van der Waals surface area (Å²) >= 11 is 0. The third kappa shape index (κ3) is 3.73. The average molecular weight is 342 g/mol. The minimum absolute atomic E-state index is 0.161. The van der Waals surface area contributed by atoms with Gasteiger partial charge in [-0.15, -0.1) is 0 Å². The van der Waals surface area contributed by atoms with Crippen LogP contribution >= 0.6 is 0 Å². The van der Waals surface area contributed by atoms with Crippen LogP contribution in [0.15, 0.2) is 30.3 Å². The highest BCUT2D eigenvalue weighted by molar-refractivity contribution is 5.79. The van der Waals surface area contributed by atoms with Gasteiger partial charge in [0.2, 0.25) is 5.91 Å². The summed E-state index contributed by atoms with van der Waals surface area (Å²) in [7, 11) is 0. The minimum Gasteiger partial charge on any atom is -0.347 e. The molecule has 3 aromatic rings. The summed E-state index contributed by atoms with van der Waals surface area (Å²) in [6, 6.07) is 7.41. The highest BCUT2D eigenvalue weighted by Crippen LogP contribution is 2.15. The number of carbonyl (C=O) groups excluding carboxylic acids is 1. The molecule has 0 aliphatic carbocycles. The fourth-order valence-corrected chi connectivity index (χ4v) is 2.57. The lowest BCUT2D eigenvalue weighted by Crippen LogP contribution is -2.31. The van der Waals surface area contributed by atoms with E-state index in [1.807, 2.05) is 19.9 Å². The van der Waals surface area contributed by atoms with Crippen molar-refractivity contribution >= 4 is 5.91 Å². The zero-order valence-corrected chi connectivity index (χ0v) is 14.2. The van der Waals surface area contributed by atoms with Gasteiger partial charge in [-0.3, -0.25) is 14.6 Å². The second kappa shape index (κ2) is 6.84. The Kier molecular flexibility index (Phi) is 4.60. The molecule has 0 aliphatic rings. The molecule has 7 nitrogen and oxygen atoms in total. The van der Waals surface area contributed by atoms with Crippen LogP contribution in [-0.2, 0) is 11.3 Å². The van der Waals surface area contributed by atoms with Crippen molar-refractivity contribution in [2.24, 2.45) is 0 Å². The summed E-state index contributed by atoms with van der Waals surface area (Å²) in [6.07, 6.45) is 0. The highest BCUT2D eigenvalue weighted by atomic mass is 19.1. The molecule has 25 heavy (non-hydrogen) atoms. The number of nitrogens with zero attached hydrogens (tertiary/aromatic N) is 4. The van der Waals surface area contributed by atoms with Gasteiger partial charge in [-0.1, -0.05) is 0 Å². The zero-order chi connectivity index (χ0) is 18.0. The van der Waals surface area contributed by atoms with Gasteiger partial charge < -0.3 is 5.32 Å². The Bertz CT molecular complexity index is 883. The Morgan fingerprint density at radius 2 is 2.04 bits per heavy atom. The molecule has 0 fully saturated rings. The van der Waals surface area contributed by atoms with Crippen LogP contribution < -0.4 is 5.32 Å². The van der Waals surface area contributed by atoms with Gasteiger partial charge >= 0.3 is 0 Å². The molecule has 3 rings (SSSR count). The van der Waals surface area contributed by atoms with Crippen molar-refractivity contribution in [1.82, 2.24) is 30.3 Å². The first kappa shape index (κ1) is 16.8. The maximum absolute atomic E-state index is 13.0. The number of aryl methyl sites for hydroxylation is 2. The normalized spacial score (nSPS) is 12.2. The maximum Gasteiger partial charge on any atom is 0.244 e. The fraction of sp³-hybridized carbons (Fsp3) is 0.294. The van der Waals surface area contributed by atoms with E-state index in [1.165, 1.54) is 12.1 Å². The van der Waals surface area contributed by atoms with Gasteiger partial charge in [0.1, 0.15) is 17.7 Å². The average Bonchev–Trinajstić information content (AvgIpc) is 3.19. The van der Waals surface area contributed by atoms with Crippen LogP contribution in [0.2, 0.25) is 0 Å². The molecular formula is C17H19FN6O. The quantitative estimate of drug-likeness (QED) is 0.745. The van der Waals surface area contributed by atoms with Gasteiger partial charge in [0.15, 0.2) is 5.82 Å². The molecule has 2 N–H and O–H groups in total. The smallest absolute Gasteiger partial charge is 0.244 e. The van der Waals surface area contributed by atoms with E-state index in [1.54, 1.807) is 23.7 Å². The van der Waals surface area contributed by atoms with E-state index in [0.717, 1.165) is 11.4 Å². The topological polar surface area (TPSA) is 88.5 Å². The lowest BCUT2D eigenvalue weighted by atomic mass is 10.2. The Morgan fingerprint density at radius 1 is 1.32 bits per heavy atom. The molecule has 1 aromatic carbocycles. The standard InChI is InChI=1S/C17H19FN6O/c1-10-8-11(2)24(23-10)12(3)17(25)19-9-15-20-16(22-21-15)13-4-6-14(18)7-5-13/h4-8,12H,9H2,1-3H3,(H,19,25)(H,20,21,22). The Morgan fingerprint density at radius 3 is 2.68 bits per heavy atom. The number of nitrogens with one attached hydrogen (secondary N) is 2. The molecule has 0 radical (unpaired) electrons. The molecule has 0 bridgehead atoms. The predicted octanol–water partition coefficient (Wildman–Crippen LogP) is 2.30. The van der Waals surface area contributed by atoms with Crippen molar-refractivity contribution in [3.8, 4) is 11.4 Å². The van der Waals surface area contributed by atoms with Gasteiger partial charge in [-0.25, -0.2) is 9.37 Å². The van der Waals surface area contributed by atoms with Crippen molar-refractivity contribution in [1.29, 1.82) is 0 Å². The first-order valence-electron chi connectivity index (χ1n) is 7.91. The van der Waals surface area contributed by atoms with Gasteiger partial charge in [0.25, 0.3) is 0 Å². The Labute approximate surface area is 144 Å². The number of halogens is 1. The van der Waals surface area contributed by atoms with Crippen LogP contribution in [0.4, 0.5) is 4.39 Å². The number of amides is 1. The second-order valence-electron chi connectivity index (χ2n) is 5.88. The molecule has 2 heterocycles. The zero-order valence-electron chi connectivity index (χ0n) is 14.2. The van der Waals surface area contributed by atoms with Crippen molar-refractivity contribution in [2.75, 3.05) is 0 Å². The van der Waals surface area contributed by atoms with Gasteiger partial charge in [0, 0.05) is 11.3 Å². The van der Waals surface area contributed by atoms with Crippen molar-refractivity contribution in [2.45, 2.75) is 33.4 Å². The number of hydrogen-bond acceptors (Lipinski definition) is 4. The molecule has 130 valence electrons. The third-order valence-electron chi connectivity index (χ3n) is 3.86. The van der Waals surface area contributed by atoms with Gasteiger partial charge in [-0.05, 0) is 51.1 Å². The van der Waals surface area contributed by atoms with E-state index >= 15 is 0 Å². The summed E-state index contributed by atoms with van der Waals surface area (Å²) in [5.41, 5.74) is 2.50. The predicted molar refractivity (Wildman–Crippen MR) is 90.0 cm³/mol. The molecule has 0 saturated carbocycles. The van der Waals surface area contributed by atoms with E-state index in [9.17, 15) is 9.18 Å². The summed E-state index contributed by atoms with van der Waals surface area (Å²) < 4.78 is 14.6. The molecule has 2 aromatic heterocycles. The molecule has 1 atom stereocenters. The number of aromatic amines is 1. The fourth-order valence-electron chi connectivity index (χ4n) is 2.57. The number of hydrogen-bond donors (Lipinski definition) is 2. The largest absolute Gasteiger partial charge is 0.347 e. The number of aromatic nitrogens is 5. The van der Waals surface area contributed by atoms with E-state index < -0.39 is 6.04 Å². The molecule has 1 unspecified atom stereocenters. The van der Waals surface area contributed by atoms with Crippen LogP contribution in [-0.4, -0.2) is 30.9 Å². The SMILES string of the molecule is Cc1cc(C)n(C(C)C(=O)NCc2nc(-c3ccc(F)cc3)n[nH]2)n1. The molecule has 1 amide bonds. The van der Waals surface area contributed by atoms with E-state index in [-0.39, 0.29) is 18.3 Å². The molecule has 8 heteroatoms. The first-order chi connectivity index (χ1) is 11.9. The first-order valence-corrected chi connectivity index (χ1v) is 7.91. The van der Waals surface area contributed by atoms with Crippen molar-refractivity contribution in [3.05, 3.63) is 53.4 Å². The van der Waals surface area contributed by atoms with Crippen LogP contribution in [0.25, 0.3) is 11.4 Å². The highest BCUT2D eigenvalue weighted by Gasteiger charge is 2.18. The Hall–Kier alpha value is -3.03. The molecule has 0 aliphatic heterocycles. The second-order valence-corrected chi connectivity index (χ2v) is 5.88. The van der Waals surface area contributed by atoms with Crippen LogP contribution in [0, 0.1) is 19.7 Å². The minimum atomic E-state index is -0.423. The summed E-state index contributed by atoms with van der Waals surface area (Å²) in [4.78, 5) is 16.6. The van der Waals surface area contributed by atoms with Gasteiger partial charge in [-0.2, -0.15) is 10.2 Å². The number of benzene rings is 1. The monoisotopic (exact) mass is 342 g/mol. The van der Waals surface area contributed by atoms with E-state index in [0.29, 0.717) is 17.2 Å². The van der Waals surface area contributed by atoms with Gasteiger partial charge in [0.05, 0.1) is 12.2 Å². The van der Waals surface area contributed by atoms with Crippen LogP contribution in [0.1, 0.15) is 30.2 Å².